The Bertz CT molecular complexity index is 577. The van der Waals surface area contributed by atoms with Crippen molar-refractivity contribution >= 4 is 0 Å². The highest BCUT2D eigenvalue weighted by Gasteiger charge is 2.16. The molecule has 0 radical (unpaired) electrons. The molecule has 0 aliphatic carbocycles. The van der Waals surface area contributed by atoms with Crippen LogP contribution in [0.4, 0.5) is 0 Å². The molecule has 4 nitrogen and oxygen atoms in total. The lowest BCUT2D eigenvalue weighted by Crippen LogP contribution is -2.08. The molecule has 1 aliphatic heterocycles. The molecule has 100 valence electrons. The van der Waals surface area contributed by atoms with E-state index in [1.54, 1.807) is 6.20 Å². The first-order valence-corrected chi connectivity index (χ1v) is 6.65. The molecule has 0 spiro atoms. The Kier molecular flexibility index (Phi) is 3.36. The van der Waals surface area contributed by atoms with Gasteiger partial charge in [-0.05, 0) is 23.6 Å². The molecule has 0 saturated carbocycles. The molecule has 2 aromatic rings. The van der Waals surface area contributed by atoms with Crippen molar-refractivity contribution < 1.29 is 9.84 Å². The molecule has 1 N–H and O–H groups in total. The highest BCUT2D eigenvalue weighted by Crippen LogP contribution is 2.25. The van der Waals surface area contributed by atoms with Crippen molar-refractivity contribution in [2.45, 2.75) is 39.2 Å². The molecule has 3 rings (SSSR count). The van der Waals surface area contributed by atoms with E-state index in [2.05, 4.69) is 16.5 Å². The summed E-state index contributed by atoms with van der Waals surface area (Å²) in [6.45, 7) is 4.29. The van der Waals surface area contributed by atoms with Crippen LogP contribution in [0, 0.1) is 0 Å². The van der Waals surface area contributed by atoms with Crippen LogP contribution < -0.4 is 0 Å². The van der Waals surface area contributed by atoms with Gasteiger partial charge >= 0.3 is 0 Å². The van der Waals surface area contributed by atoms with Crippen LogP contribution in [0.15, 0.2) is 30.6 Å². The van der Waals surface area contributed by atoms with Gasteiger partial charge in [0, 0.05) is 25.4 Å². The second-order valence-corrected chi connectivity index (χ2v) is 4.87. The van der Waals surface area contributed by atoms with Crippen molar-refractivity contribution in [3.05, 3.63) is 53.1 Å². The highest BCUT2D eigenvalue weighted by atomic mass is 16.5. The Morgan fingerprint density at radius 3 is 3.05 bits per heavy atom. The maximum Gasteiger partial charge on any atom is 0.111 e. The minimum Gasteiger partial charge on any atom is -0.388 e. The number of rotatable bonds is 4. The Morgan fingerprint density at radius 1 is 1.37 bits per heavy atom. The van der Waals surface area contributed by atoms with Crippen LogP contribution in [-0.2, 0) is 30.9 Å². The molecule has 1 aliphatic rings. The summed E-state index contributed by atoms with van der Waals surface area (Å²) >= 11 is 0. The maximum absolute atomic E-state index is 10.3. The summed E-state index contributed by atoms with van der Waals surface area (Å²) in [4.78, 5) is 4.30. The number of aliphatic hydroxyl groups excluding tert-OH is 1. The lowest BCUT2D eigenvalue weighted by molar-refractivity contribution is 0.134. The van der Waals surface area contributed by atoms with Gasteiger partial charge in [-0.25, -0.2) is 4.98 Å². The zero-order valence-electron chi connectivity index (χ0n) is 11.0. The van der Waals surface area contributed by atoms with Gasteiger partial charge in [0.05, 0.1) is 19.3 Å². The molecular formula is C15H18N2O2. The first-order valence-electron chi connectivity index (χ1n) is 6.65. The lowest BCUT2D eigenvalue weighted by atomic mass is 10.0. The van der Waals surface area contributed by atoms with Gasteiger partial charge in [-0.3, -0.25) is 0 Å². The first-order chi connectivity index (χ1) is 9.28. The molecule has 0 fully saturated rings. The number of nitrogens with zero attached hydrogens (tertiary/aromatic N) is 2. The molecular weight excluding hydrogens is 240 g/mol. The van der Waals surface area contributed by atoms with Gasteiger partial charge in [-0.15, -0.1) is 0 Å². The third kappa shape index (κ3) is 2.41. The van der Waals surface area contributed by atoms with E-state index in [1.165, 1.54) is 11.1 Å². The third-order valence-corrected chi connectivity index (χ3v) is 3.65. The van der Waals surface area contributed by atoms with Gasteiger partial charge < -0.3 is 14.4 Å². The summed E-state index contributed by atoms with van der Waals surface area (Å²) < 4.78 is 7.45. The maximum atomic E-state index is 10.3. The number of hydrogen-bond donors (Lipinski definition) is 1. The van der Waals surface area contributed by atoms with Crippen LogP contribution in [0.5, 0.6) is 0 Å². The van der Waals surface area contributed by atoms with E-state index in [1.807, 2.05) is 24.4 Å². The third-order valence-electron chi connectivity index (χ3n) is 3.65. The van der Waals surface area contributed by atoms with Crippen molar-refractivity contribution in [2.24, 2.45) is 0 Å². The highest BCUT2D eigenvalue weighted by molar-refractivity contribution is 5.34. The van der Waals surface area contributed by atoms with E-state index in [-0.39, 0.29) is 0 Å². The van der Waals surface area contributed by atoms with E-state index < -0.39 is 6.10 Å². The molecule has 1 unspecified atom stereocenters. The number of ether oxygens (including phenoxy) is 1. The van der Waals surface area contributed by atoms with E-state index in [4.69, 9.17) is 4.74 Å². The van der Waals surface area contributed by atoms with Gasteiger partial charge in [0.1, 0.15) is 5.82 Å². The topological polar surface area (TPSA) is 47.3 Å². The number of aryl methyl sites for hydroxylation is 1. The predicted molar refractivity (Wildman–Crippen MR) is 71.5 cm³/mol. The van der Waals surface area contributed by atoms with E-state index in [0.717, 1.165) is 17.9 Å². The van der Waals surface area contributed by atoms with Gasteiger partial charge in [-0.2, -0.15) is 0 Å². The quantitative estimate of drug-likeness (QED) is 0.914. The summed E-state index contributed by atoms with van der Waals surface area (Å²) in [5.41, 5.74) is 3.36. The standard InChI is InChI=1S/C15H18N2O2/c1-2-17-6-5-16-15(17)8-14(18)11-3-4-12-9-19-10-13(12)7-11/h3-7,14,18H,2,8-10H2,1H3. The van der Waals surface area contributed by atoms with Crippen molar-refractivity contribution in [3.8, 4) is 0 Å². The van der Waals surface area contributed by atoms with Gasteiger partial charge in [0.2, 0.25) is 0 Å². The number of aromatic nitrogens is 2. The Labute approximate surface area is 112 Å². The number of imidazole rings is 1. The Balaban J connectivity index is 1.79. The van der Waals surface area contributed by atoms with Crippen molar-refractivity contribution in [1.29, 1.82) is 0 Å². The summed E-state index contributed by atoms with van der Waals surface area (Å²) in [5.74, 6) is 0.923. The summed E-state index contributed by atoms with van der Waals surface area (Å²) in [6.07, 6.45) is 3.75. The average Bonchev–Trinajstić information content (AvgIpc) is 3.05. The molecule has 0 saturated heterocycles. The van der Waals surface area contributed by atoms with E-state index >= 15 is 0 Å². The van der Waals surface area contributed by atoms with Crippen LogP contribution >= 0.6 is 0 Å². The monoisotopic (exact) mass is 258 g/mol. The molecule has 2 heterocycles. The van der Waals surface area contributed by atoms with E-state index in [0.29, 0.717) is 19.6 Å². The molecule has 0 amide bonds. The largest absolute Gasteiger partial charge is 0.388 e. The average molecular weight is 258 g/mol. The summed E-state index contributed by atoms with van der Waals surface area (Å²) in [6, 6.07) is 6.08. The fraction of sp³-hybridized carbons (Fsp3) is 0.400. The molecule has 1 aromatic heterocycles. The van der Waals surface area contributed by atoms with Crippen molar-refractivity contribution in [3.63, 3.8) is 0 Å². The number of fused-ring (bicyclic) bond motifs is 1. The van der Waals surface area contributed by atoms with Crippen LogP contribution in [0.3, 0.4) is 0 Å². The first kappa shape index (κ1) is 12.4. The molecule has 1 atom stereocenters. The van der Waals surface area contributed by atoms with Crippen molar-refractivity contribution in [1.82, 2.24) is 9.55 Å². The smallest absolute Gasteiger partial charge is 0.111 e. The molecule has 4 heteroatoms. The zero-order chi connectivity index (χ0) is 13.2. The predicted octanol–water partition coefficient (Wildman–Crippen LogP) is 2.21. The van der Waals surface area contributed by atoms with Crippen LogP contribution in [0.2, 0.25) is 0 Å². The lowest BCUT2D eigenvalue weighted by Gasteiger charge is -2.13. The number of benzene rings is 1. The van der Waals surface area contributed by atoms with Crippen LogP contribution in [-0.4, -0.2) is 14.7 Å². The molecule has 19 heavy (non-hydrogen) atoms. The normalized spacial score (nSPS) is 15.5. The summed E-state index contributed by atoms with van der Waals surface area (Å²) in [7, 11) is 0. The second kappa shape index (κ2) is 5.15. The molecule has 0 bridgehead atoms. The summed E-state index contributed by atoms with van der Waals surface area (Å²) in [5, 5.41) is 10.3. The minimum absolute atomic E-state index is 0.515. The van der Waals surface area contributed by atoms with Crippen molar-refractivity contribution in [2.75, 3.05) is 0 Å². The number of hydrogen-bond acceptors (Lipinski definition) is 3. The zero-order valence-corrected chi connectivity index (χ0v) is 11.0. The van der Waals surface area contributed by atoms with Crippen LogP contribution in [0.25, 0.3) is 0 Å². The Hall–Kier alpha value is -1.65. The number of aliphatic hydroxyl groups is 1. The SMILES string of the molecule is CCn1ccnc1CC(O)c1ccc2c(c1)COC2. The molecule has 1 aromatic carbocycles. The minimum atomic E-state index is -0.515. The fourth-order valence-electron chi connectivity index (χ4n) is 2.51. The van der Waals surface area contributed by atoms with Gasteiger partial charge in [-0.1, -0.05) is 18.2 Å². The van der Waals surface area contributed by atoms with Gasteiger partial charge in [0.25, 0.3) is 0 Å². The van der Waals surface area contributed by atoms with Gasteiger partial charge in [0.15, 0.2) is 0 Å². The van der Waals surface area contributed by atoms with Crippen LogP contribution in [0.1, 0.15) is 35.5 Å². The fourth-order valence-corrected chi connectivity index (χ4v) is 2.51. The second-order valence-electron chi connectivity index (χ2n) is 4.87. The van der Waals surface area contributed by atoms with E-state index in [9.17, 15) is 5.11 Å². The Morgan fingerprint density at radius 2 is 2.21 bits per heavy atom.